The van der Waals surface area contributed by atoms with Crippen LogP contribution in [0.5, 0.6) is 0 Å². The topological polar surface area (TPSA) is 65.6 Å². The molecule has 3 heterocycles. The lowest BCUT2D eigenvalue weighted by Gasteiger charge is -2.38. The number of likely N-dealkylation sites (tertiary alicyclic amines) is 1. The molecule has 0 aliphatic carbocycles. The SMILES string of the molecule is Cc1c[nH]c(CN2CCC[C@]3(C2)CN(C)C(=O)O3)c(C)c1=O. The van der Waals surface area contributed by atoms with Gasteiger partial charge in [-0.15, -0.1) is 0 Å². The second-order valence-electron chi connectivity index (χ2n) is 6.63. The van der Waals surface area contributed by atoms with Crippen LogP contribution in [-0.4, -0.2) is 53.2 Å². The molecule has 0 aromatic carbocycles. The van der Waals surface area contributed by atoms with Crippen LogP contribution in [0.1, 0.15) is 29.7 Å². The van der Waals surface area contributed by atoms with Gasteiger partial charge in [0.1, 0.15) is 5.60 Å². The number of nitrogens with zero attached hydrogens (tertiary/aromatic N) is 2. The van der Waals surface area contributed by atoms with Crippen molar-refractivity contribution in [3.05, 3.63) is 33.2 Å². The number of rotatable bonds is 2. The predicted molar refractivity (Wildman–Crippen MR) is 82.9 cm³/mol. The van der Waals surface area contributed by atoms with Crippen LogP contribution in [0.15, 0.2) is 11.0 Å². The van der Waals surface area contributed by atoms with Gasteiger partial charge in [-0.05, 0) is 33.2 Å². The summed E-state index contributed by atoms with van der Waals surface area (Å²) in [7, 11) is 1.78. The lowest BCUT2D eigenvalue weighted by molar-refractivity contribution is -0.0117. The highest BCUT2D eigenvalue weighted by molar-refractivity contribution is 5.70. The normalized spacial score (nSPS) is 25.8. The van der Waals surface area contributed by atoms with Crippen LogP contribution < -0.4 is 5.43 Å². The smallest absolute Gasteiger partial charge is 0.410 e. The number of carbonyl (C=O) groups excluding carboxylic acids is 1. The Bertz CT molecular complexity index is 655. The summed E-state index contributed by atoms with van der Waals surface area (Å²) < 4.78 is 5.62. The number of carbonyl (C=O) groups is 1. The first-order valence-corrected chi connectivity index (χ1v) is 7.74. The molecule has 1 aromatic heterocycles. The van der Waals surface area contributed by atoms with E-state index < -0.39 is 0 Å². The Morgan fingerprint density at radius 3 is 2.77 bits per heavy atom. The highest BCUT2D eigenvalue weighted by Crippen LogP contribution is 2.31. The highest BCUT2D eigenvalue weighted by Gasteiger charge is 2.46. The zero-order valence-electron chi connectivity index (χ0n) is 13.4. The van der Waals surface area contributed by atoms with E-state index in [-0.39, 0.29) is 17.1 Å². The molecular weight excluding hydrogens is 282 g/mol. The Morgan fingerprint density at radius 1 is 1.32 bits per heavy atom. The molecule has 2 saturated heterocycles. The first-order valence-electron chi connectivity index (χ1n) is 7.74. The molecule has 0 radical (unpaired) electrons. The molecule has 3 rings (SSSR count). The zero-order valence-corrected chi connectivity index (χ0v) is 13.4. The molecule has 6 heteroatoms. The number of nitrogens with one attached hydrogen (secondary N) is 1. The maximum atomic E-state index is 12.1. The van der Waals surface area contributed by atoms with Crippen LogP contribution in [0, 0.1) is 13.8 Å². The van der Waals surface area contributed by atoms with E-state index in [1.807, 2.05) is 13.8 Å². The van der Waals surface area contributed by atoms with Crippen LogP contribution in [0.25, 0.3) is 0 Å². The van der Waals surface area contributed by atoms with Gasteiger partial charge >= 0.3 is 6.09 Å². The number of aryl methyl sites for hydroxylation is 1. The molecule has 6 nitrogen and oxygen atoms in total. The summed E-state index contributed by atoms with van der Waals surface area (Å²) in [6, 6.07) is 0. The average molecular weight is 305 g/mol. The average Bonchev–Trinajstić information content (AvgIpc) is 2.74. The molecule has 0 saturated carbocycles. The summed E-state index contributed by atoms with van der Waals surface area (Å²) in [4.78, 5) is 30.9. The van der Waals surface area contributed by atoms with E-state index in [1.54, 1.807) is 18.1 Å². The van der Waals surface area contributed by atoms with Gasteiger partial charge in [-0.25, -0.2) is 4.79 Å². The van der Waals surface area contributed by atoms with E-state index in [1.165, 1.54) is 0 Å². The Hall–Kier alpha value is -1.82. The number of hydrogen-bond acceptors (Lipinski definition) is 4. The Labute approximate surface area is 130 Å². The third-order valence-corrected chi connectivity index (χ3v) is 4.76. The van der Waals surface area contributed by atoms with Crippen LogP contribution >= 0.6 is 0 Å². The van der Waals surface area contributed by atoms with Crippen molar-refractivity contribution in [2.24, 2.45) is 0 Å². The summed E-state index contributed by atoms with van der Waals surface area (Å²) in [5.41, 5.74) is 2.18. The van der Waals surface area contributed by atoms with E-state index in [0.717, 1.165) is 42.8 Å². The van der Waals surface area contributed by atoms with Crippen LogP contribution in [0.3, 0.4) is 0 Å². The van der Waals surface area contributed by atoms with Crippen molar-refractivity contribution >= 4 is 6.09 Å². The lowest BCUT2D eigenvalue weighted by atomic mass is 9.92. The van der Waals surface area contributed by atoms with Crippen molar-refractivity contribution in [2.45, 2.75) is 38.8 Å². The summed E-state index contributed by atoms with van der Waals surface area (Å²) in [5, 5.41) is 0. The number of amides is 1. The van der Waals surface area contributed by atoms with Gasteiger partial charge in [-0.2, -0.15) is 0 Å². The fourth-order valence-corrected chi connectivity index (χ4v) is 3.52. The third kappa shape index (κ3) is 2.63. The minimum Gasteiger partial charge on any atom is -0.440 e. The monoisotopic (exact) mass is 305 g/mol. The van der Waals surface area contributed by atoms with Crippen molar-refractivity contribution in [3.8, 4) is 0 Å². The molecule has 0 unspecified atom stereocenters. The van der Waals surface area contributed by atoms with Gasteiger partial charge in [0.2, 0.25) is 0 Å². The van der Waals surface area contributed by atoms with Gasteiger partial charge in [0.05, 0.1) is 6.54 Å². The van der Waals surface area contributed by atoms with E-state index in [9.17, 15) is 9.59 Å². The van der Waals surface area contributed by atoms with Gasteiger partial charge in [0, 0.05) is 43.2 Å². The minimum atomic E-state index is -0.386. The second-order valence-corrected chi connectivity index (χ2v) is 6.63. The van der Waals surface area contributed by atoms with E-state index in [4.69, 9.17) is 4.74 Å². The maximum absolute atomic E-state index is 12.1. The van der Waals surface area contributed by atoms with Crippen molar-refractivity contribution in [1.82, 2.24) is 14.8 Å². The number of aromatic amines is 1. The lowest BCUT2D eigenvalue weighted by Crippen LogP contribution is -2.50. The second kappa shape index (κ2) is 5.43. The van der Waals surface area contributed by atoms with Gasteiger partial charge < -0.3 is 14.6 Å². The molecule has 2 fully saturated rings. The number of H-pyrrole nitrogens is 1. The Kier molecular flexibility index (Phi) is 3.72. The predicted octanol–water partition coefficient (Wildman–Crippen LogP) is 1.41. The van der Waals surface area contributed by atoms with Gasteiger partial charge in [-0.3, -0.25) is 9.69 Å². The molecule has 1 atom stereocenters. The number of likely N-dealkylation sites (N-methyl/N-ethyl adjacent to an activating group) is 1. The summed E-state index contributed by atoms with van der Waals surface area (Å²) >= 11 is 0. The molecule has 0 bridgehead atoms. The molecule has 22 heavy (non-hydrogen) atoms. The van der Waals surface area contributed by atoms with Crippen molar-refractivity contribution in [3.63, 3.8) is 0 Å². The minimum absolute atomic E-state index is 0.104. The largest absolute Gasteiger partial charge is 0.440 e. The van der Waals surface area contributed by atoms with Crippen molar-refractivity contribution in [2.75, 3.05) is 26.7 Å². The van der Waals surface area contributed by atoms with Gasteiger partial charge in [0.15, 0.2) is 5.43 Å². The molecule has 1 amide bonds. The van der Waals surface area contributed by atoms with E-state index >= 15 is 0 Å². The fourth-order valence-electron chi connectivity index (χ4n) is 3.52. The molecular formula is C16H23N3O3. The number of piperidine rings is 1. The van der Waals surface area contributed by atoms with Gasteiger partial charge in [0.25, 0.3) is 0 Å². The number of ether oxygens (including phenoxy) is 1. The standard InChI is InChI=1S/C16H23N3O3/c1-11-7-17-13(12(2)14(11)20)8-19-6-4-5-16(10-19)9-18(3)15(21)22-16/h7H,4-6,8-10H2,1-3H3,(H,17,20)/t16-/m1/s1. The Balaban J connectivity index is 1.75. The molecule has 1 N–H and O–H groups in total. The molecule has 120 valence electrons. The van der Waals surface area contributed by atoms with Crippen LogP contribution in [0.2, 0.25) is 0 Å². The number of pyridine rings is 1. The first kappa shape index (κ1) is 15.1. The molecule has 2 aliphatic rings. The molecule has 1 aromatic rings. The quantitative estimate of drug-likeness (QED) is 0.897. The van der Waals surface area contributed by atoms with Crippen LogP contribution in [-0.2, 0) is 11.3 Å². The Morgan fingerprint density at radius 2 is 2.09 bits per heavy atom. The summed E-state index contributed by atoms with van der Waals surface area (Å²) in [6.07, 6.45) is 3.44. The van der Waals surface area contributed by atoms with Crippen LogP contribution in [0.4, 0.5) is 4.79 Å². The summed E-state index contributed by atoms with van der Waals surface area (Å²) in [6.45, 7) is 6.69. The number of hydrogen-bond donors (Lipinski definition) is 1. The van der Waals surface area contributed by atoms with Gasteiger partial charge in [-0.1, -0.05) is 0 Å². The fraction of sp³-hybridized carbons (Fsp3) is 0.625. The molecule has 2 aliphatic heterocycles. The van der Waals surface area contributed by atoms with Crippen molar-refractivity contribution in [1.29, 1.82) is 0 Å². The van der Waals surface area contributed by atoms with Crippen molar-refractivity contribution < 1.29 is 9.53 Å². The zero-order chi connectivity index (χ0) is 15.9. The van der Waals surface area contributed by atoms with E-state index in [0.29, 0.717) is 13.1 Å². The first-order chi connectivity index (χ1) is 10.4. The third-order valence-electron chi connectivity index (χ3n) is 4.76. The maximum Gasteiger partial charge on any atom is 0.410 e. The number of aromatic nitrogens is 1. The van der Waals surface area contributed by atoms with E-state index in [2.05, 4.69) is 9.88 Å². The summed E-state index contributed by atoms with van der Waals surface area (Å²) in [5.74, 6) is 0. The molecule has 1 spiro atoms. The highest BCUT2D eigenvalue weighted by atomic mass is 16.6.